The van der Waals surface area contributed by atoms with Gasteiger partial charge in [0.25, 0.3) is 5.91 Å². The molecule has 2 aliphatic heterocycles. The van der Waals surface area contributed by atoms with Gasteiger partial charge in [0.2, 0.25) is 0 Å². The van der Waals surface area contributed by atoms with Gasteiger partial charge < -0.3 is 24.0 Å². The molecule has 0 radical (unpaired) electrons. The Kier molecular flexibility index (Phi) is 7.37. The molecule has 40 heavy (non-hydrogen) atoms. The third-order valence-electron chi connectivity index (χ3n) is 7.99. The van der Waals surface area contributed by atoms with Crippen LogP contribution in [0.4, 0.5) is 4.39 Å². The minimum Gasteiger partial charge on any atom is -0.490 e. The molecule has 0 bridgehead atoms. The second-order valence-corrected chi connectivity index (χ2v) is 11.6. The average molecular weight is 552 g/mol. The molecule has 0 unspecified atom stereocenters. The SMILES string of the molecule is CCOc1cc2c(c(F)c1OCC)C(=N)N(CC(=O)c1cc(C(=O)N3CCOCC3)cc(C(C)(C)C)c1)C21CC1. The monoisotopic (exact) mass is 551 g/mol. The molecule has 1 saturated carbocycles. The largest absolute Gasteiger partial charge is 0.490 e. The van der Waals surface area contributed by atoms with Crippen molar-refractivity contribution < 1.29 is 28.2 Å². The van der Waals surface area contributed by atoms with Crippen molar-refractivity contribution in [2.75, 3.05) is 46.1 Å². The summed E-state index contributed by atoms with van der Waals surface area (Å²) in [5, 5.41) is 8.93. The summed E-state index contributed by atoms with van der Waals surface area (Å²) < 4.78 is 32.5. The van der Waals surface area contributed by atoms with E-state index in [1.807, 2.05) is 39.8 Å². The van der Waals surface area contributed by atoms with E-state index in [4.69, 9.17) is 19.6 Å². The van der Waals surface area contributed by atoms with Crippen LogP contribution in [0.1, 0.15) is 84.9 Å². The summed E-state index contributed by atoms with van der Waals surface area (Å²) in [6.07, 6.45) is 1.41. The van der Waals surface area contributed by atoms with E-state index < -0.39 is 11.4 Å². The number of carbonyl (C=O) groups is 2. The number of carbonyl (C=O) groups excluding carboxylic acids is 2. The maximum absolute atomic E-state index is 15.8. The van der Waals surface area contributed by atoms with Gasteiger partial charge in [-0.1, -0.05) is 20.8 Å². The van der Waals surface area contributed by atoms with Crippen LogP contribution in [-0.4, -0.2) is 73.4 Å². The quantitative estimate of drug-likeness (QED) is 0.469. The van der Waals surface area contributed by atoms with Crippen LogP contribution in [0.5, 0.6) is 11.5 Å². The van der Waals surface area contributed by atoms with Crippen LogP contribution in [-0.2, 0) is 15.7 Å². The number of ketones is 1. The van der Waals surface area contributed by atoms with Crippen LogP contribution in [0.2, 0.25) is 0 Å². The van der Waals surface area contributed by atoms with E-state index in [2.05, 4.69) is 0 Å². The number of benzene rings is 2. The molecular weight excluding hydrogens is 513 g/mol. The molecule has 3 aliphatic rings. The first kappa shape index (κ1) is 28.1. The summed E-state index contributed by atoms with van der Waals surface area (Å²) >= 11 is 0. The Labute approximate surface area is 234 Å². The normalized spacial score (nSPS) is 17.7. The fourth-order valence-electron chi connectivity index (χ4n) is 5.66. The van der Waals surface area contributed by atoms with Crippen LogP contribution >= 0.6 is 0 Å². The Hall–Kier alpha value is -3.46. The van der Waals surface area contributed by atoms with Crippen molar-refractivity contribution in [1.82, 2.24) is 9.80 Å². The zero-order chi connectivity index (χ0) is 28.8. The highest BCUT2D eigenvalue weighted by Gasteiger charge is 2.58. The number of amides is 1. The van der Waals surface area contributed by atoms with Gasteiger partial charge in [0, 0.05) is 24.2 Å². The molecule has 8 nitrogen and oxygen atoms in total. The summed E-state index contributed by atoms with van der Waals surface area (Å²) in [5.74, 6) is -0.682. The van der Waals surface area contributed by atoms with Gasteiger partial charge in [0.1, 0.15) is 5.84 Å². The Morgan fingerprint density at radius 1 is 1.02 bits per heavy atom. The van der Waals surface area contributed by atoms with E-state index >= 15 is 4.39 Å². The van der Waals surface area contributed by atoms with Gasteiger partial charge in [-0.3, -0.25) is 15.0 Å². The van der Waals surface area contributed by atoms with Crippen molar-refractivity contribution in [3.05, 3.63) is 57.9 Å². The standard InChI is InChI=1S/C31H38FN3O5/c1-6-39-24-17-22-25(26(32)27(24)40-7-2)28(33)35(31(22)8-9-31)18-23(36)19-14-20(16-21(15-19)30(3,4)5)29(37)34-10-12-38-13-11-34/h14-17,33H,6-13,18H2,1-5H3. The number of hydrogen-bond acceptors (Lipinski definition) is 6. The minimum atomic E-state index is -0.623. The number of nitrogens with zero attached hydrogens (tertiary/aromatic N) is 2. The van der Waals surface area contributed by atoms with Crippen molar-refractivity contribution in [3.8, 4) is 11.5 Å². The molecule has 1 spiro atoms. The smallest absolute Gasteiger partial charge is 0.254 e. The van der Waals surface area contributed by atoms with Crippen molar-refractivity contribution >= 4 is 17.5 Å². The third-order valence-corrected chi connectivity index (χ3v) is 7.99. The van der Waals surface area contributed by atoms with E-state index in [0.717, 1.165) is 5.56 Å². The summed E-state index contributed by atoms with van der Waals surface area (Å²) in [6.45, 7) is 12.2. The topological polar surface area (TPSA) is 92.2 Å². The molecule has 214 valence electrons. The van der Waals surface area contributed by atoms with Crippen molar-refractivity contribution in [2.24, 2.45) is 0 Å². The highest BCUT2D eigenvalue weighted by molar-refractivity contribution is 6.08. The molecule has 9 heteroatoms. The second-order valence-electron chi connectivity index (χ2n) is 11.6. The lowest BCUT2D eigenvalue weighted by Crippen LogP contribution is -2.41. The maximum Gasteiger partial charge on any atom is 0.254 e. The Morgan fingerprint density at radius 2 is 1.68 bits per heavy atom. The number of morpholine rings is 1. The van der Waals surface area contributed by atoms with Gasteiger partial charge >= 0.3 is 0 Å². The van der Waals surface area contributed by atoms with E-state index in [9.17, 15) is 9.59 Å². The summed E-state index contributed by atoms with van der Waals surface area (Å²) in [4.78, 5) is 30.7. The molecule has 0 aromatic heterocycles. The molecule has 1 N–H and O–H groups in total. The van der Waals surface area contributed by atoms with Gasteiger partial charge in [0.15, 0.2) is 23.1 Å². The molecule has 2 fully saturated rings. The van der Waals surface area contributed by atoms with Crippen molar-refractivity contribution in [1.29, 1.82) is 5.41 Å². The highest BCUT2D eigenvalue weighted by Crippen LogP contribution is 2.58. The summed E-state index contributed by atoms with van der Waals surface area (Å²) in [7, 11) is 0. The molecule has 0 atom stereocenters. The van der Waals surface area contributed by atoms with Gasteiger partial charge in [-0.25, -0.2) is 4.39 Å². The number of Topliss-reactive ketones (excluding diaryl/α,β-unsaturated/α-hetero) is 1. The zero-order valence-corrected chi connectivity index (χ0v) is 24.0. The number of hydrogen-bond donors (Lipinski definition) is 1. The first-order chi connectivity index (χ1) is 19.0. The van der Waals surface area contributed by atoms with Crippen molar-refractivity contribution in [2.45, 2.75) is 58.4 Å². The molecule has 1 aliphatic carbocycles. The number of halogens is 1. The van der Waals surface area contributed by atoms with Crippen LogP contribution in [0.25, 0.3) is 0 Å². The lowest BCUT2D eigenvalue weighted by Gasteiger charge is -2.29. The fourth-order valence-corrected chi connectivity index (χ4v) is 5.66. The molecule has 5 rings (SSSR count). The van der Waals surface area contributed by atoms with E-state index in [-0.39, 0.29) is 47.4 Å². The molecule has 2 aromatic carbocycles. The highest BCUT2D eigenvalue weighted by atomic mass is 19.1. The zero-order valence-electron chi connectivity index (χ0n) is 24.0. The number of nitrogens with one attached hydrogen (secondary N) is 1. The maximum atomic E-state index is 15.8. The van der Waals surface area contributed by atoms with Crippen LogP contribution in [0.15, 0.2) is 24.3 Å². The first-order valence-electron chi connectivity index (χ1n) is 14.1. The fraction of sp³-hybridized carbons (Fsp3) is 0.516. The Morgan fingerprint density at radius 3 is 2.27 bits per heavy atom. The average Bonchev–Trinajstić information content (AvgIpc) is 3.70. The van der Waals surface area contributed by atoms with Crippen molar-refractivity contribution in [3.63, 3.8) is 0 Å². The van der Waals surface area contributed by atoms with Gasteiger partial charge in [-0.05, 0) is 67.5 Å². The van der Waals surface area contributed by atoms with Crippen LogP contribution in [0, 0.1) is 11.2 Å². The molecule has 2 aromatic rings. The number of fused-ring (bicyclic) bond motifs is 2. The van der Waals surface area contributed by atoms with E-state index in [0.29, 0.717) is 68.2 Å². The lowest BCUT2D eigenvalue weighted by molar-refractivity contribution is 0.0303. The van der Waals surface area contributed by atoms with Gasteiger partial charge in [-0.2, -0.15) is 0 Å². The van der Waals surface area contributed by atoms with Crippen LogP contribution in [0.3, 0.4) is 0 Å². The minimum absolute atomic E-state index is 0.000900. The molecular formula is C31H38FN3O5. The number of amidine groups is 1. The predicted molar refractivity (Wildman–Crippen MR) is 149 cm³/mol. The third kappa shape index (κ3) is 4.85. The van der Waals surface area contributed by atoms with Gasteiger partial charge in [-0.15, -0.1) is 0 Å². The second kappa shape index (κ2) is 10.5. The first-order valence-corrected chi connectivity index (χ1v) is 14.1. The number of rotatable bonds is 8. The summed E-state index contributed by atoms with van der Waals surface area (Å²) in [5.41, 5.74) is 1.68. The Bertz CT molecular complexity index is 1360. The predicted octanol–water partition coefficient (Wildman–Crippen LogP) is 4.91. The molecule has 2 heterocycles. The molecule has 1 amide bonds. The van der Waals surface area contributed by atoms with Crippen LogP contribution < -0.4 is 9.47 Å². The summed E-state index contributed by atoms with van der Waals surface area (Å²) in [6, 6.07) is 7.14. The van der Waals surface area contributed by atoms with E-state index in [1.165, 1.54) is 0 Å². The Balaban J connectivity index is 1.48. The number of ether oxygens (including phenoxy) is 3. The van der Waals surface area contributed by atoms with Gasteiger partial charge in [0.05, 0.1) is 44.1 Å². The lowest BCUT2D eigenvalue weighted by atomic mass is 9.84. The molecule has 1 saturated heterocycles. The van der Waals surface area contributed by atoms with E-state index in [1.54, 1.807) is 28.9 Å².